The Morgan fingerprint density at radius 1 is 1.53 bits per heavy atom. The highest BCUT2D eigenvalue weighted by atomic mass is 16.4. The summed E-state index contributed by atoms with van der Waals surface area (Å²) in [6, 6.07) is 5.93. The summed E-state index contributed by atoms with van der Waals surface area (Å²) in [6.07, 6.45) is 1.89. The van der Waals surface area contributed by atoms with Gasteiger partial charge in [0.15, 0.2) is 0 Å². The molecule has 1 aromatic heterocycles. The lowest BCUT2D eigenvalue weighted by atomic mass is 10.1. The number of aryl methyl sites for hydroxylation is 2. The van der Waals surface area contributed by atoms with Gasteiger partial charge in [0.1, 0.15) is 0 Å². The molecule has 4 nitrogen and oxygen atoms in total. The summed E-state index contributed by atoms with van der Waals surface area (Å²) in [5.41, 5.74) is 2.16. The molecule has 0 aliphatic rings. The van der Waals surface area contributed by atoms with Crippen LogP contribution in [0.25, 0.3) is 10.9 Å². The van der Waals surface area contributed by atoms with Crippen molar-refractivity contribution in [2.45, 2.75) is 19.9 Å². The van der Waals surface area contributed by atoms with E-state index in [0.29, 0.717) is 6.54 Å². The van der Waals surface area contributed by atoms with Crippen LogP contribution in [0, 0.1) is 6.92 Å². The quantitative estimate of drug-likeness (QED) is 0.829. The van der Waals surface area contributed by atoms with Gasteiger partial charge >= 0.3 is 5.97 Å². The maximum absolute atomic E-state index is 10.5. The molecular formula is C11H12N2O2. The van der Waals surface area contributed by atoms with Crippen LogP contribution in [-0.2, 0) is 11.3 Å². The van der Waals surface area contributed by atoms with E-state index in [1.165, 1.54) is 0 Å². The Balaban J connectivity index is 2.37. The minimum Gasteiger partial charge on any atom is -0.481 e. The predicted octanol–water partition coefficient (Wildman–Crippen LogP) is 1.82. The van der Waals surface area contributed by atoms with Gasteiger partial charge in [0.05, 0.1) is 24.7 Å². The molecule has 2 aromatic rings. The first-order chi connectivity index (χ1) is 7.18. The van der Waals surface area contributed by atoms with Gasteiger partial charge in [-0.15, -0.1) is 0 Å². The summed E-state index contributed by atoms with van der Waals surface area (Å²) in [7, 11) is 0. The van der Waals surface area contributed by atoms with Gasteiger partial charge in [0.2, 0.25) is 0 Å². The minimum atomic E-state index is -0.800. The van der Waals surface area contributed by atoms with Gasteiger partial charge in [-0.25, -0.2) is 0 Å². The van der Waals surface area contributed by atoms with Gasteiger partial charge in [0, 0.05) is 5.39 Å². The Bertz CT molecular complexity index is 502. The molecule has 0 bridgehead atoms. The summed E-state index contributed by atoms with van der Waals surface area (Å²) in [5.74, 6) is -0.800. The molecule has 0 spiro atoms. The summed E-state index contributed by atoms with van der Waals surface area (Å²) in [4.78, 5) is 10.5. The molecule has 0 amide bonds. The van der Waals surface area contributed by atoms with Gasteiger partial charge in [-0.05, 0) is 18.6 Å². The Morgan fingerprint density at radius 2 is 2.33 bits per heavy atom. The molecule has 0 atom stereocenters. The van der Waals surface area contributed by atoms with E-state index >= 15 is 0 Å². The fourth-order valence-corrected chi connectivity index (χ4v) is 1.63. The van der Waals surface area contributed by atoms with Gasteiger partial charge < -0.3 is 5.11 Å². The molecule has 78 valence electrons. The SMILES string of the molecule is Cc1cccc2c1cnn2CCC(=O)O. The van der Waals surface area contributed by atoms with Crippen LogP contribution < -0.4 is 0 Å². The number of rotatable bonds is 3. The van der Waals surface area contributed by atoms with Crippen molar-refractivity contribution < 1.29 is 9.90 Å². The average molecular weight is 204 g/mol. The third-order valence-corrected chi connectivity index (χ3v) is 2.44. The molecule has 0 saturated heterocycles. The van der Waals surface area contributed by atoms with E-state index in [1.54, 1.807) is 10.9 Å². The summed E-state index contributed by atoms with van der Waals surface area (Å²) < 4.78 is 1.73. The molecule has 1 N–H and O–H groups in total. The minimum absolute atomic E-state index is 0.102. The van der Waals surface area contributed by atoms with Crippen molar-refractivity contribution in [2.75, 3.05) is 0 Å². The number of fused-ring (bicyclic) bond motifs is 1. The van der Waals surface area contributed by atoms with Crippen LogP contribution in [0.2, 0.25) is 0 Å². The lowest BCUT2D eigenvalue weighted by Crippen LogP contribution is -2.05. The monoisotopic (exact) mass is 204 g/mol. The second-order valence-electron chi connectivity index (χ2n) is 3.52. The molecule has 15 heavy (non-hydrogen) atoms. The van der Waals surface area contributed by atoms with Crippen molar-refractivity contribution in [1.82, 2.24) is 9.78 Å². The van der Waals surface area contributed by atoms with Crippen molar-refractivity contribution in [1.29, 1.82) is 0 Å². The average Bonchev–Trinajstić information content (AvgIpc) is 2.59. The van der Waals surface area contributed by atoms with E-state index in [9.17, 15) is 4.79 Å². The van der Waals surface area contributed by atoms with Gasteiger partial charge in [-0.2, -0.15) is 5.10 Å². The Kier molecular flexibility index (Phi) is 2.41. The topological polar surface area (TPSA) is 55.1 Å². The number of hydrogen-bond donors (Lipinski definition) is 1. The number of benzene rings is 1. The molecule has 0 fully saturated rings. The summed E-state index contributed by atoms with van der Waals surface area (Å²) >= 11 is 0. The van der Waals surface area contributed by atoms with Crippen molar-refractivity contribution in [3.63, 3.8) is 0 Å². The van der Waals surface area contributed by atoms with Crippen LogP contribution in [0.1, 0.15) is 12.0 Å². The number of carboxylic acid groups (broad SMARTS) is 1. The third kappa shape index (κ3) is 1.83. The maximum Gasteiger partial charge on any atom is 0.305 e. The van der Waals surface area contributed by atoms with E-state index in [1.807, 2.05) is 25.1 Å². The van der Waals surface area contributed by atoms with Crippen LogP contribution in [0.4, 0.5) is 0 Å². The largest absolute Gasteiger partial charge is 0.481 e. The van der Waals surface area contributed by atoms with Crippen LogP contribution in [-0.4, -0.2) is 20.9 Å². The Morgan fingerprint density at radius 3 is 3.07 bits per heavy atom. The molecule has 0 unspecified atom stereocenters. The number of nitrogens with zero attached hydrogens (tertiary/aromatic N) is 2. The van der Waals surface area contributed by atoms with Crippen LogP contribution in [0.3, 0.4) is 0 Å². The van der Waals surface area contributed by atoms with Crippen molar-refractivity contribution in [2.24, 2.45) is 0 Å². The standard InChI is InChI=1S/C11H12N2O2/c1-8-3-2-4-10-9(8)7-12-13(10)6-5-11(14)15/h2-4,7H,5-6H2,1H3,(H,14,15). The van der Waals surface area contributed by atoms with Crippen molar-refractivity contribution >= 4 is 16.9 Å². The van der Waals surface area contributed by atoms with Crippen LogP contribution in [0.15, 0.2) is 24.4 Å². The highest BCUT2D eigenvalue weighted by Crippen LogP contribution is 2.17. The molecule has 1 aromatic carbocycles. The number of carbonyl (C=O) groups is 1. The first kappa shape index (κ1) is 9.71. The molecule has 2 rings (SSSR count). The Labute approximate surface area is 87.1 Å². The fraction of sp³-hybridized carbons (Fsp3) is 0.273. The second kappa shape index (κ2) is 3.73. The normalized spacial score (nSPS) is 10.7. The maximum atomic E-state index is 10.5. The van der Waals surface area contributed by atoms with E-state index in [2.05, 4.69) is 5.10 Å². The zero-order chi connectivity index (χ0) is 10.8. The van der Waals surface area contributed by atoms with E-state index in [0.717, 1.165) is 16.5 Å². The first-order valence-electron chi connectivity index (χ1n) is 4.81. The van der Waals surface area contributed by atoms with E-state index in [4.69, 9.17) is 5.11 Å². The summed E-state index contributed by atoms with van der Waals surface area (Å²) in [6.45, 7) is 2.44. The van der Waals surface area contributed by atoms with Gasteiger partial charge in [0.25, 0.3) is 0 Å². The zero-order valence-electron chi connectivity index (χ0n) is 8.47. The van der Waals surface area contributed by atoms with E-state index < -0.39 is 5.97 Å². The fourth-order valence-electron chi connectivity index (χ4n) is 1.63. The predicted molar refractivity (Wildman–Crippen MR) is 56.7 cm³/mol. The molecule has 0 saturated carbocycles. The second-order valence-corrected chi connectivity index (χ2v) is 3.52. The molecule has 0 aliphatic carbocycles. The molecule has 0 radical (unpaired) electrons. The molecular weight excluding hydrogens is 192 g/mol. The van der Waals surface area contributed by atoms with Crippen LogP contribution in [0.5, 0.6) is 0 Å². The zero-order valence-corrected chi connectivity index (χ0v) is 8.47. The van der Waals surface area contributed by atoms with E-state index in [-0.39, 0.29) is 6.42 Å². The molecule has 0 aliphatic heterocycles. The van der Waals surface area contributed by atoms with Crippen LogP contribution >= 0.6 is 0 Å². The highest BCUT2D eigenvalue weighted by Gasteiger charge is 2.05. The smallest absolute Gasteiger partial charge is 0.305 e. The lowest BCUT2D eigenvalue weighted by Gasteiger charge is -2.01. The first-order valence-corrected chi connectivity index (χ1v) is 4.81. The Hall–Kier alpha value is -1.84. The van der Waals surface area contributed by atoms with Crippen molar-refractivity contribution in [3.8, 4) is 0 Å². The lowest BCUT2D eigenvalue weighted by molar-refractivity contribution is -0.137. The number of aromatic nitrogens is 2. The highest BCUT2D eigenvalue weighted by molar-refractivity contribution is 5.82. The molecule has 4 heteroatoms. The number of hydrogen-bond acceptors (Lipinski definition) is 2. The third-order valence-electron chi connectivity index (χ3n) is 2.44. The van der Waals surface area contributed by atoms with Gasteiger partial charge in [-0.1, -0.05) is 12.1 Å². The molecule has 1 heterocycles. The number of carboxylic acids is 1. The summed E-state index contributed by atoms with van der Waals surface area (Å²) in [5, 5.41) is 13.9. The number of aliphatic carboxylic acids is 1. The van der Waals surface area contributed by atoms with Gasteiger partial charge in [-0.3, -0.25) is 9.48 Å². The van der Waals surface area contributed by atoms with Crippen molar-refractivity contribution in [3.05, 3.63) is 30.0 Å².